The highest BCUT2D eigenvalue weighted by Gasteiger charge is 2.20. The summed E-state index contributed by atoms with van der Waals surface area (Å²) in [5.41, 5.74) is 5.05. The second kappa shape index (κ2) is 10.3. The highest BCUT2D eigenvalue weighted by molar-refractivity contribution is 6.12. The summed E-state index contributed by atoms with van der Waals surface area (Å²) in [6.07, 6.45) is 1.09. The standard InChI is InChI=1S/C27H34N4O3/c1-30(2)13-9-12-28-17-19-16-21-20-10-7-8-11-22(20)31(3)26(21)25(29-19)18-14-23(32-4)27(34-6)24(15-18)33-5/h7-8,10-11,14-16,28H,9,12-13,17H2,1-6H3. The lowest BCUT2D eigenvalue weighted by Gasteiger charge is -2.16. The molecule has 0 unspecified atom stereocenters. The van der Waals surface area contributed by atoms with E-state index in [-0.39, 0.29) is 0 Å². The number of hydrogen-bond donors (Lipinski definition) is 1. The Labute approximate surface area is 201 Å². The van der Waals surface area contributed by atoms with Gasteiger partial charge in [-0.1, -0.05) is 18.2 Å². The van der Waals surface area contributed by atoms with Crippen molar-refractivity contribution >= 4 is 21.8 Å². The number of para-hydroxylation sites is 1. The van der Waals surface area contributed by atoms with E-state index in [1.807, 2.05) is 12.1 Å². The molecular weight excluding hydrogens is 428 g/mol. The Morgan fingerprint density at radius 2 is 1.65 bits per heavy atom. The number of nitrogens with one attached hydrogen (secondary N) is 1. The summed E-state index contributed by atoms with van der Waals surface area (Å²) >= 11 is 0. The van der Waals surface area contributed by atoms with Crippen LogP contribution >= 0.6 is 0 Å². The molecule has 0 fully saturated rings. The molecule has 0 bridgehead atoms. The Kier molecular flexibility index (Phi) is 7.24. The maximum absolute atomic E-state index is 5.63. The van der Waals surface area contributed by atoms with Crippen LogP contribution in [-0.4, -0.2) is 63.0 Å². The summed E-state index contributed by atoms with van der Waals surface area (Å²) in [6, 6.07) is 14.6. The van der Waals surface area contributed by atoms with Crippen molar-refractivity contribution in [2.45, 2.75) is 13.0 Å². The number of rotatable bonds is 10. The number of aryl methyl sites for hydroxylation is 1. The Balaban J connectivity index is 1.86. The zero-order valence-electron chi connectivity index (χ0n) is 20.9. The van der Waals surface area contributed by atoms with E-state index in [0.717, 1.165) is 42.0 Å². The van der Waals surface area contributed by atoms with Gasteiger partial charge in [-0.05, 0) is 57.9 Å². The van der Waals surface area contributed by atoms with Crippen molar-refractivity contribution < 1.29 is 14.2 Å². The third-order valence-electron chi connectivity index (χ3n) is 6.14. The Bertz CT molecular complexity index is 1270. The lowest BCUT2D eigenvalue weighted by atomic mass is 10.0. The zero-order valence-corrected chi connectivity index (χ0v) is 20.9. The predicted octanol–water partition coefficient (Wildman–Crippen LogP) is 4.46. The van der Waals surface area contributed by atoms with Gasteiger partial charge < -0.3 is 29.0 Å². The topological polar surface area (TPSA) is 60.8 Å². The van der Waals surface area contributed by atoms with Crippen LogP contribution in [0.5, 0.6) is 17.2 Å². The van der Waals surface area contributed by atoms with Gasteiger partial charge in [-0.3, -0.25) is 0 Å². The minimum Gasteiger partial charge on any atom is -0.493 e. The zero-order chi connectivity index (χ0) is 24.2. The van der Waals surface area contributed by atoms with Crippen molar-refractivity contribution in [2.75, 3.05) is 48.5 Å². The lowest BCUT2D eigenvalue weighted by molar-refractivity contribution is 0.324. The number of fused-ring (bicyclic) bond motifs is 3. The number of hydrogen-bond acceptors (Lipinski definition) is 6. The predicted molar refractivity (Wildman–Crippen MR) is 138 cm³/mol. The van der Waals surface area contributed by atoms with Crippen LogP contribution in [0.2, 0.25) is 0 Å². The Hall–Kier alpha value is -3.29. The van der Waals surface area contributed by atoms with Gasteiger partial charge in [0, 0.05) is 35.4 Å². The average Bonchev–Trinajstić information content (AvgIpc) is 3.14. The van der Waals surface area contributed by atoms with Crippen LogP contribution in [0.15, 0.2) is 42.5 Å². The molecule has 4 aromatic rings. The second-order valence-electron chi connectivity index (χ2n) is 8.68. The van der Waals surface area contributed by atoms with Gasteiger partial charge in [-0.2, -0.15) is 0 Å². The molecule has 7 heteroatoms. The molecule has 0 atom stereocenters. The van der Waals surface area contributed by atoms with Gasteiger partial charge in [0.05, 0.1) is 38.2 Å². The van der Waals surface area contributed by atoms with Crippen molar-refractivity contribution in [1.82, 2.24) is 19.8 Å². The summed E-state index contributed by atoms with van der Waals surface area (Å²) < 4.78 is 19.0. The van der Waals surface area contributed by atoms with Crippen LogP contribution in [0.25, 0.3) is 33.1 Å². The van der Waals surface area contributed by atoms with Gasteiger partial charge in [0.1, 0.15) is 0 Å². The quantitative estimate of drug-likeness (QED) is 0.351. The average molecular weight is 463 g/mol. The molecule has 0 saturated heterocycles. The molecule has 0 aliphatic heterocycles. The molecule has 0 saturated carbocycles. The van der Waals surface area contributed by atoms with E-state index in [1.54, 1.807) is 21.3 Å². The van der Waals surface area contributed by atoms with Crippen molar-refractivity contribution in [3.8, 4) is 28.5 Å². The van der Waals surface area contributed by atoms with E-state index < -0.39 is 0 Å². The third-order valence-corrected chi connectivity index (χ3v) is 6.14. The Morgan fingerprint density at radius 1 is 0.941 bits per heavy atom. The molecule has 0 amide bonds. The molecule has 0 radical (unpaired) electrons. The molecule has 0 spiro atoms. The minimum atomic E-state index is 0.570. The van der Waals surface area contributed by atoms with Crippen molar-refractivity contribution in [3.05, 3.63) is 48.2 Å². The highest BCUT2D eigenvalue weighted by Crippen LogP contribution is 2.43. The first kappa shape index (κ1) is 23.9. The Morgan fingerprint density at radius 3 is 2.29 bits per heavy atom. The fourth-order valence-electron chi connectivity index (χ4n) is 4.50. The summed E-state index contributed by atoms with van der Waals surface area (Å²) in [5, 5.41) is 5.95. The number of methoxy groups -OCH3 is 3. The molecule has 4 rings (SSSR count). The maximum atomic E-state index is 5.63. The molecule has 2 aromatic heterocycles. The van der Waals surface area contributed by atoms with E-state index in [1.165, 1.54) is 16.3 Å². The first-order valence-electron chi connectivity index (χ1n) is 11.5. The minimum absolute atomic E-state index is 0.570. The molecule has 0 aliphatic rings. The molecule has 2 heterocycles. The van der Waals surface area contributed by atoms with Gasteiger partial charge in [0.2, 0.25) is 5.75 Å². The number of pyridine rings is 1. The molecule has 34 heavy (non-hydrogen) atoms. The third kappa shape index (κ3) is 4.54. The van der Waals surface area contributed by atoms with Crippen molar-refractivity contribution in [3.63, 3.8) is 0 Å². The van der Waals surface area contributed by atoms with Gasteiger partial charge in [-0.15, -0.1) is 0 Å². The fraction of sp³-hybridized carbons (Fsp3) is 0.370. The molecule has 1 N–H and O–H groups in total. The monoisotopic (exact) mass is 462 g/mol. The first-order chi connectivity index (χ1) is 16.5. The summed E-state index contributed by atoms with van der Waals surface area (Å²) in [7, 11) is 11.2. The second-order valence-corrected chi connectivity index (χ2v) is 8.68. The smallest absolute Gasteiger partial charge is 0.203 e. The number of nitrogens with zero attached hydrogens (tertiary/aromatic N) is 3. The molecule has 2 aromatic carbocycles. The summed E-state index contributed by atoms with van der Waals surface area (Å²) in [5.74, 6) is 1.79. The summed E-state index contributed by atoms with van der Waals surface area (Å²) in [6.45, 7) is 2.69. The van der Waals surface area contributed by atoms with Crippen LogP contribution in [0, 0.1) is 0 Å². The normalized spacial score (nSPS) is 11.5. The van der Waals surface area contributed by atoms with Gasteiger partial charge >= 0.3 is 0 Å². The van der Waals surface area contributed by atoms with Gasteiger partial charge in [0.25, 0.3) is 0 Å². The van der Waals surface area contributed by atoms with Crippen LogP contribution in [0.4, 0.5) is 0 Å². The fourth-order valence-corrected chi connectivity index (χ4v) is 4.50. The number of ether oxygens (including phenoxy) is 3. The lowest BCUT2D eigenvalue weighted by Crippen LogP contribution is -2.21. The number of benzene rings is 2. The van der Waals surface area contributed by atoms with E-state index in [4.69, 9.17) is 19.2 Å². The largest absolute Gasteiger partial charge is 0.493 e. The van der Waals surface area contributed by atoms with Gasteiger partial charge in [-0.25, -0.2) is 4.98 Å². The first-order valence-corrected chi connectivity index (χ1v) is 11.5. The molecule has 7 nitrogen and oxygen atoms in total. The number of aromatic nitrogens is 2. The van der Waals surface area contributed by atoms with Crippen LogP contribution in [-0.2, 0) is 13.6 Å². The maximum Gasteiger partial charge on any atom is 0.203 e. The molecule has 180 valence electrons. The molecule has 0 aliphatic carbocycles. The van der Waals surface area contributed by atoms with Crippen molar-refractivity contribution in [2.24, 2.45) is 7.05 Å². The van der Waals surface area contributed by atoms with Crippen molar-refractivity contribution in [1.29, 1.82) is 0 Å². The molecular formula is C27H34N4O3. The van der Waals surface area contributed by atoms with Crippen LogP contribution < -0.4 is 19.5 Å². The van der Waals surface area contributed by atoms with Gasteiger partial charge in [0.15, 0.2) is 11.5 Å². The van der Waals surface area contributed by atoms with Crippen LogP contribution in [0.1, 0.15) is 12.1 Å². The van der Waals surface area contributed by atoms with E-state index in [0.29, 0.717) is 23.8 Å². The summed E-state index contributed by atoms with van der Waals surface area (Å²) in [4.78, 5) is 7.32. The van der Waals surface area contributed by atoms with Crippen LogP contribution in [0.3, 0.4) is 0 Å². The van der Waals surface area contributed by atoms with E-state index >= 15 is 0 Å². The van der Waals surface area contributed by atoms with E-state index in [2.05, 4.69) is 66.3 Å². The SMILES string of the molecule is COc1cc(-c2nc(CNCCCN(C)C)cc3c4ccccc4n(C)c23)cc(OC)c1OC. The highest BCUT2D eigenvalue weighted by atomic mass is 16.5. The van der Waals surface area contributed by atoms with E-state index in [9.17, 15) is 0 Å².